The van der Waals surface area contributed by atoms with E-state index in [-0.39, 0.29) is 5.88 Å². The molecule has 0 unspecified atom stereocenters. The Morgan fingerprint density at radius 2 is 1.67 bits per heavy atom. The zero-order chi connectivity index (χ0) is 25.2. The molecule has 36 heavy (non-hydrogen) atoms. The molecule has 0 saturated heterocycles. The zero-order valence-electron chi connectivity index (χ0n) is 19.3. The van der Waals surface area contributed by atoms with Gasteiger partial charge in [0.2, 0.25) is 5.88 Å². The number of carbonyl (C=O) groups is 1. The van der Waals surface area contributed by atoms with Crippen LogP contribution in [0.4, 0.5) is 16.2 Å². The van der Waals surface area contributed by atoms with Crippen molar-refractivity contribution in [1.29, 1.82) is 0 Å². The lowest BCUT2D eigenvalue weighted by Crippen LogP contribution is -2.21. The van der Waals surface area contributed by atoms with Crippen LogP contribution in [-0.2, 0) is 0 Å². The summed E-state index contributed by atoms with van der Waals surface area (Å²) < 4.78 is 5.61. The highest BCUT2D eigenvalue weighted by Crippen LogP contribution is 2.45. The van der Waals surface area contributed by atoms with Crippen LogP contribution in [0.15, 0.2) is 77.8 Å². The van der Waals surface area contributed by atoms with E-state index < -0.39 is 6.03 Å². The smallest absolute Gasteiger partial charge is 0.323 e. The van der Waals surface area contributed by atoms with Crippen LogP contribution >= 0.6 is 35.0 Å². The first-order valence-corrected chi connectivity index (χ1v) is 12.9. The fraction of sp³-hybridized carbons (Fsp3) is 0.0741. The van der Waals surface area contributed by atoms with E-state index in [4.69, 9.17) is 27.9 Å². The summed E-state index contributed by atoms with van der Waals surface area (Å²) in [5, 5.41) is 8.42. The van der Waals surface area contributed by atoms with Crippen LogP contribution in [-0.4, -0.2) is 29.4 Å². The van der Waals surface area contributed by atoms with Crippen molar-refractivity contribution >= 4 is 74.2 Å². The van der Waals surface area contributed by atoms with Crippen LogP contribution in [0.25, 0.3) is 32.9 Å². The lowest BCUT2D eigenvalue weighted by molar-refractivity contribution is 0.262. The highest BCUT2D eigenvalue weighted by molar-refractivity contribution is 7.98. The van der Waals surface area contributed by atoms with Crippen molar-refractivity contribution in [1.82, 2.24) is 9.97 Å². The van der Waals surface area contributed by atoms with Crippen molar-refractivity contribution in [2.75, 3.05) is 24.0 Å². The van der Waals surface area contributed by atoms with Crippen molar-refractivity contribution in [3.63, 3.8) is 0 Å². The number of hydrogen-bond donors (Lipinski definition) is 2. The zero-order valence-corrected chi connectivity index (χ0v) is 21.6. The fourth-order valence-corrected chi connectivity index (χ4v) is 5.20. The number of ether oxygens (including phenoxy) is 1. The van der Waals surface area contributed by atoms with E-state index in [0.717, 1.165) is 15.8 Å². The van der Waals surface area contributed by atoms with Crippen LogP contribution in [0, 0.1) is 0 Å². The molecule has 0 bridgehead atoms. The molecule has 180 valence electrons. The molecule has 5 rings (SSSR count). The van der Waals surface area contributed by atoms with Crippen molar-refractivity contribution in [3.8, 4) is 17.0 Å². The van der Waals surface area contributed by atoms with Crippen LogP contribution in [0.2, 0.25) is 10.0 Å². The molecule has 6 nitrogen and oxygen atoms in total. The summed E-state index contributed by atoms with van der Waals surface area (Å²) in [7, 11) is 1.50. The fourth-order valence-electron chi connectivity index (χ4n) is 4.14. The summed E-state index contributed by atoms with van der Waals surface area (Å²) in [5.41, 5.74) is 3.72. The quantitative estimate of drug-likeness (QED) is 0.222. The number of nitrogens with one attached hydrogen (secondary N) is 2. The Bertz CT molecular complexity index is 1630. The largest absolute Gasteiger partial charge is 0.479 e. The summed E-state index contributed by atoms with van der Waals surface area (Å²) in [6.07, 6.45) is 3.67. The van der Waals surface area contributed by atoms with Gasteiger partial charge in [0.15, 0.2) is 0 Å². The van der Waals surface area contributed by atoms with Crippen LogP contribution in [0.1, 0.15) is 0 Å². The van der Waals surface area contributed by atoms with Gasteiger partial charge in [0, 0.05) is 38.0 Å². The number of rotatable bonds is 5. The van der Waals surface area contributed by atoms with Gasteiger partial charge in [0.05, 0.1) is 28.9 Å². The molecule has 0 aliphatic heterocycles. The van der Waals surface area contributed by atoms with Gasteiger partial charge in [-0.3, -0.25) is 4.98 Å². The number of thioether (sulfide) groups is 1. The van der Waals surface area contributed by atoms with Crippen LogP contribution < -0.4 is 15.4 Å². The number of urea groups is 1. The summed E-state index contributed by atoms with van der Waals surface area (Å²) >= 11 is 14.8. The number of benzene rings is 3. The maximum absolute atomic E-state index is 13.5. The highest BCUT2D eigenvalue weighted by atomic mass is 35.5. The average Bonchev–Trinajstić information content (AvgIpc) is 2.89. The minimum absolute atomic E-state index is 0.236. The van der Waals surface area contributed by atoms with Gasteiger partial charge in [-0.05, 0) is 48.7 Å². The third kappa shape index (κ3) is 4.41. The van der Waals surface area contributed by atoms with Crippen molar-refractivity contribution < 1.29 is 9.53 Å². The minimum atomic E-state index is -0.471. The number of fused-ring (bicyclic) bond motifs is 2. The Balaban J connectivity index is 1.67. The maximum atomic E-state index is 13.5. The number of hydrogen-bond acceptors (Lipinski definition) is 5. The Hall–Kier alpha value is -3.52. The van der Waals surface area contributed by atoms with Crippen molar-refractivity contribution in [3.05, 3.63) is 83.0 Å². The molecule has 0 saturated carbocycles. The highest BCUT2D eigenvalue weighted by Gasteiger charge is 2.23. The topological polar surface area (TPSA) is 76.1 Å². The Kier molecular flexibility index (Phi) is 6.87. The first-order valence-electron chi connectivity index (χ1n) is 10.9. The molecule has 2 N–H and O–H groups in total. The molecular formula is C27H20Cl2N4O2S. The van der Waals surface area contributed by atoms with Crippen molar-refractivity contribution in [2.24, 2.45) is 0 Å². The molecule has 0 aliphatic rings. The second-order valence-electron chi connectivity index (χ2n) is 7.78. The molecule has 9 heteroatoms. The predicted molar refractivity (Wildman–Crippen MR) is 150 cm³/mol. The number of carbonyl (C=O) groups excluding carboxylic acids is 1. The molecule has 0 fully saturated rings. The van der Waals surface area contributed by atoms with Gasteiger partial charge in [-0.2, -0.15) is 0 Å². The number of pyridine rings is 2. The molecule has 3 aromatic carbocycles. The molecule has 2 aromatic heterocycles. The third-order valence-corrected chi connectivity index (χ3v) is 7.13. The van der Waals surface area contributed by atoms with Gasteiger partial charge in [-0.15, -0.1) is 11.8 Å². The van der Waals surface area contributed by atoms with Crippen molar-refractivity contribution in [2.45, 2.75) is 4.90 Å². The molecular weight excluding hydrogens is 515 g/mol. The number of amides is 2. The number of nitrogens with zero attached hydrogens (tertiary/aromatic N) is 2. The first-order chi connectivity index (χ1) is 17.5. The Morgan fingerprint density at radius 1 is 0.889 bits per heavy atom. The second kappa shape index (κ2) is 10.2. The van der Waals surface area contributed by atoms with E-state index in [1.165, 1.54) is 18.9 Å². The Morgan fingerprint density at radius 3 is 2.44 bits per heavy atom. The van der Waals surface area contributed by atoms with Gasteiger partial charge in [0.25, 0.3) is 0 Å². The molecule has 2 heterocycles. The third-order valence-electron chi connectivity index (χ3n) is 5.71. The maximum Gasteiger partial charge on any atom is 0.323 e. The number of aromatic nitrogens is 2. The van der Waals surface area contributed by atoms with E-state index in [2.05, 4.69) is 20.6 Å². The standard InChI is InChI=1S/C27H20Cl2N4O2S/c1-35-26-25(33-27(34)32-24-16-8-6-14-30-19(16)12-13-21(24)36-2)22(15-7-3-4-9-17(15)28)23-18(29)10-5-11-20(23)31-26/h3-14H,1-2H3,(H2,32,33,34). The molecule has 0 radical (unpaired) electrons. The van der Waals surface area contributed by atoms with Gasteiger partial charge < -0.3 is 15.4 Å². The van der Waals surface area contributed by atoms with Crippen LogP contribution in [0.5, 0.6) is 5.88 Å². The SMILES string of the molecule is COc1nc2cccc(Cl)c2c(-c2ccccc2Cl)c1NC(=O)Nc1c(SC)ccc2ncccc12. The molecule has 0 spiro atoms. The number of methoxy groups -OCH3 is 1. The van der Waals surface area contributed by atoms with E-state index in [0.29, 0.717) is 43.4 Å². The number of halogens is 2. The monoisotopic (exact) mass is 534 g/mol. The summed E-state index contributed by atoms with van der Waals surface area (Å²) in [6, 6.07) is 19.9. The van der Waals surface area contributed by atoms with Gasteiger partial charge in [-0.1, -0.05) is 47.5 Å². The average molecular weight is 535 g/mol. The first kappa shape index (κ1) is 24.2. The summed E-state index contributed by atoms with van der Waals surface area (Å²) in [6.45, 7) is 0. The lowest BCUT2D eigenvalue weighted by Gasteiger charge is -2.19. The van der Waals surface area contributed by atoms with E-state index in [9.17, 15) is 4.79 Å². The number of anilines is 2. The van der Waals surface area contributed by atoms with E-state index in [1.807, 2.05) is 60.9 Å². The van der Waals surface area contributed by atoms with Gasteiger partial charge in [-0.25, -0.2) is 9.78 Å². The molecule has 0 aliphatic carbocycles. The van der Waals surface area contributed by atoms with Gasteiger partial charge >= 0.3 is 6.03 Å². The summed E-state index contributed by atoms with van der Waals surface area (Å²) in [5.74, 6) is 0.236. The van der Waals surface area contributed by atoms with Gasteiger partial charge in [0.1, 0.15) is 5.69 Å². The molecule has 0 atom stereocenters. The molecule has 2 amide bonds. The lowest BCUT2D eigenvalue weighted by atomic mass is 9.99. The van der Waals surface area contributed by atoms with Crippen LogP contribution in [0.3, 0.4) is 0 Å². The molecule has 5 aromatic rings. The Labute approximate surface area is 222 Å². The predicted octanol–water partition coefficient (Wildman–Crippen LogP) is 8.13. The second-order valence-corrected chi connectivity index (χ2v) is 9.44. The minimum Gasteiger partial charge on any atom is -0.479 e. The van der Waals surface area contributed by atoms with E-state index in [1.54, 1.807) is 18.3 Å². The summed E-state index contributed by atoms with van der Waals surface area (Å²) in [4.78, 5) is 23.4. The normalized spacial score (nSPS) is 11.0. The van der Waals surface area contributed by atoms with E-state index >= 15 is 0 Å².